The van der Waals surface area contributed by atoms with E-state index in [-0.39, 0.29) is 22.1 Å². The van der Waals surface area contributed by atoms with Crippen LogP contribution in [-0.4, -0.2) is 38.3 Å². The molecule has 1 aromatic rings. The molecule has 166 valence electrons. The van der Waals surface area contributed by atoms with Gasteiger partial charge in [-0.1, -0.05) is 31.4 Å². The summed E-state index contributed by atoms with van der Waals surface area (Å²) in [5.41, 5.74) is -0.168. The first kappa shape index (κ1) is 22.1. The molecule has 1 aliphatic heterocycles. The first-order valence-electron chi connectivity index (χ1n) is 11.4. The SMILES string of the molecule is CC[C@@H]1CC[C@@H]2CCCC21C(=O)NCC1CCCN(S(=O)(=O)c2ccc(Cl)cc2)C1. The molecule has 0 radical (unpaired) electrons. The maximum Gasteiger partial charge on any atom is 0.243 e. The van der Waals surface area contributed by atoms with Gasteiger partial charge < -0.3 is 5.32 Å². The molecule has 3 aliphatic rings. The van der Waals surface area contributed by atoms with Crippen molar-refractivity contribution >= 4 is 27.5 Å². The molecule has 0 aromatic heterocycles. The second kappa shape index (κ2) is 8.79. The Balaban J connectivity index is 1.40. The molecule has 2 unspecified atom stereocenters. The molecule has 1 aromatic carbocycles. The van der Waals surface area contributed by atoms with Crippen LogP contribution in [0.3, 0.4) is 0 Å². The Morgan fingerprint density at radius 2 is 1.93 bits per heavy atom. The minimum atomic E-state index is -3.53. The van der Waals surface area contributed by atoms with Crippen molar-refractivity contribution in [1.29, 1.82) is 0 Å². The average molecular weight is 453 g/mol. The van der Waals surface area contributed by atoms with E-state index in [1.807, 2.05) is 0 Å². The molecule has 1 N–H and O–H groups in total. The van der Waals surface area contributed by atoms with Crippen LogP contribution < -0.4 is 5.32 Å². The van der Waals surface area contributed by atoms with Gasteiger partial charge in [-0.2, -0.15) is 4.31 Å². The lowest BCUT2D eigenvalue weighted by atomic mass is 9.71. The van der Waals surface area contributed by atoms with E-state index < -0.39 is 10.0 Å². The number of amides is 1. The fraction of sp³-hybridized carbons (Fsp3) is 0.696. The molecule has 4 rings (SSSR count). The summed E-state index contributed by atoms with van der Waals surface area (Å²) in [7, 11) is -3.53. The minimum Gasteiger partial charge on any atom is -0.355 e. The van der Waals surface area contributed by atoms with Gasteiger partial charge in [0.15, 0.2) is 0 Å². The van der Waals surface area contributed by atoms with Gasteiger partial charge in [0.05, 0.1) is 10.3 Å². The van der Waals surface area contributed by atoms with Crippen molar-refractivity contribution in [2.75, 3.05) is 19.6 Å². The van der Waals surface area contributed by atoms with Crippen molar-refractivity contribution in [3.63, 3.8) is 0 Å². The third kappa shape index (κ3) is 3.91. The molecular formula is C23H33ClN2O3S. The molecule has 2 aliphatic carbocycles. The van der Waals surface area contributed by atoms with Crippen LogP contribution >= 0.6 is 11.6 Å². The van der Waals surface area contributed by atoms with Crippen molar-refractivity contribution < 1.29 is 13.2 Å². The molecule has 5 nitrogen and oxygen atoms in total. The number of piperidine rings is 1. The van der Waals surface area contributed by atoms with Crippen LogP contribution in [0, 0.1) is 23.2 Å². The van der Waals surface area contributed by atoms with Crippen molar-refractivity contribution in [1.82, 2.24) is 9.62 Å². The van der Waals surface area contributed by atoms with E-state index in [0.29, 0.717) is 36.5 Å². The van der Waals surface area contributed by atoms with Crippen LogP contribution in [-0.2, 0) is 14.8 Å². The largest absolute Gasteiger partial charge is 0.355 e. The molecule has 7 heteroatoms. The zero-order chi connectivity index (χ0) is 21.4. The fourth-order valence-electron chi connectivity index (χ4n) is 6.32. The highest BCUT2D eigenvalue weighted by atomic mass is 35.5. The Morgan fingerprint density at radius 3 is 2.67 bits per heavy atom. The highest BCUT2D eigenvalue weighted by molar-refractivity contribution is 7.89. The number of carbonyl (C=O) groups is 1. The van der Waals surface area contributed by atoms with Gasteiger partial charge in [0, 0.05) is 24.7 Å². The molecule has 0 spiro atoms. The number of hydrogen-bond donors (Lipinski definition) is 1. The second-order valence-corrected chi connectivity index (χ2v) is 11.7. The van der Waals surface area contributed by atoms with Crippen LogP contribution in [0.25, 0.3) is 0 Å². The van der Waals surface area contributed by atoms with E-state index in [2.05, 4.69) is 12.2 Å². The lowest BCUT2D eigenvalue weighted by Crippen LogP contribution is -2.48. The number of halogens is 1. The van der Waals surface area contributed by atoms with E-state index in [1.165, 1.54) is 19.3 Å². The fourth-order valence-corrected chi connectivity index (χ4v) is 8.00. The Morgan fingerprint density at radius 1 is 1.17 bits per heavy atom. The maximum atomic E-state index is 13.3. The van der Waals surface area contributed by atoms with E-state index >= 15 is 0 Å². The zero-order valence-corrected chi connectivity index (χ0v) is 19.4. The van der Waals surface area contributed by atoms with E-state index in [4.69, 9.17) is 11.6 Å². The molecule has 1 amide bonds. The average Bonchev–Trinajstić information content (AvgIpc) is 3.32. The summed E-state index contributed by atoms with van der Waals surface area (Å²) in [5, 5.41) is 3.79. The third-order valence-electron chi connectivity index (χ3n) is 7.86. The van der Waals surface area contributed by atoms with Crippen LogP contribution in [0.15, 0.2) is 29.2 Å². The van der Waals surface area contributed by atoms with Crippen LogP contribution in [0.4, 0.5) is 0 Å². The second-order valence-electron chi connectivity index (χ2n) is 9.35. The number of sulfonamides is 1. The van der Waals surface area contributed by atoms with Crippen molar-refractivity contribution in [3.8, 4) is 0 Å². The molecule has 30 heavy (non-hydrogen) atoms. The molecule has 1 saturated heterocycles. The van der Waals surface area contributed by atoms with Crippen molar-refractivity contribution in [2.45, 2.75) is 63.2 Å². The maximum absolute atomic E-state index is 13.3. The summed E-state index contributed by atoms with van der Waals surface area (Å²) in [6.45, 7) is 3.76. The Bertz CT molecular complexity index is 873. The smallest absolute Gasteiger partial charge is 0.243 e. The molecular weight excluding hydrogens is 420 g/mol. The highest BCUT2D eigenvalue weighted by Crippen LogP contribution is 2.58. The lowest BCUT2D eigenvalue weighted by Gasteiger charge is -2.36. The van der Waals surface area contributed by atoms with Gasteiger partial charge >= 0.3 is 0 Å². The van der Waals surface area contributed by atoms with Gasteiger partial charge in [-0.3, -0.25) is 4.79 Å². The number of rotatable bonds is 6. The topological polar surface area (TPSA) is 66.5 Å². The standard InChI is InChI=1S/C23H33ClN2O3S/c1-2-18-7-8-19-6-3-13-23(18,19)22(27)25-15-17-5-4-14-26(16-17)30(28,29)21-11-9-20(24)10-12-21/h9-12,17-19H,2-8,13-16H2,1H3,(H,25,27)/t17?,18-,19+,23?/m1/s1. The van der Waals surface area contributed by atoms with E-state index in [9.17, 15) is 13.2 Å². The first-order valence-corrected chi connectivity index (χ1v) is 13.2. The van der Waals surface area contributed by atoms with Crippen molar-refractivity contribution in [2.24, 2.45) is 23.2 Å². The van der Waals surface area contributed by atoms with Crippen LogP contribution in [0.1, 0.15) is 58.3 Å². The van der Waals surface area contributed by atoms with Gasteiger partial charge in [0.25, 0.3) is 0 Å². The number of carbonyl (C=O) groups excluding carboxylic acids is 1. The molecule has 4 atom stereocenters. The third-order valence-corrected chi connectivity index (χ3v) is 9.99. The van der Waals surface area contributed by atoms with Crippen LogP contribution in [0.5, 0.6) is 0 Å². The summed E-state index contributed by atoms with van der Waals surface area (Å²) in [6, 6.07) is 6.35. The normalized spacial score (nSPS) is 32.1. The Hall–Kier alpha value is -1.11. The number of hydrogen-bond acceptors (Lipinski definition) is 3. The van der Waals surface area contributed by atoms with E-state index in [0.717, 1.165) is 32.1 Å². The summed E-state index contributed by atoms with van der Waals surface area (Å²) >= 11 is 5.91. The zero-order valence-electron chi connectivity index (χ0n) is 17.8. The van der Waals surface area contributed by atoms with Gasteiger partial charge in [-0.05, 0) is 80.5 Å². The molecule has 0 bridgehead atoms. The predicted molar refractivity (Wildman–Crippen MR) is 119 cm³/mol. The summed E-state index contributed by atoms with van der Waals surface area (Å²) < 4.78 is 27.6. The van der Waals surface area contributed by atoms with E-state index in [1.54, 1.807) is 28.6 Å². The Labute approximate surface area is 185 Å². The summed E-state index contributed by atoms with van der Waals surface area (Å²) in [5.74, 6) is 1.42. The molecule has 1 heterocycles. The Kier molecular flexibility index (Phi) is 6.48. The monoisotopic (exact) mass is 452 g/mol. The van der Waals surface area contributed by atoms with Gasteiger partial charge in [0.1, 0.15) is 0 Å². The first-order chi connectivity index (χ1) is 14.4. The number of nitrogens with zero attached hydrogens (tertiary/aromatic N) is 1. The molecule has 2 saturated carbocycles. The van der Waals surface area contributed by atoms with Crippen molar-refractivity contribution in [3.05, 3.63) is 29.3 Å². The van der Waals surface area contributed by atoms with Crippen LogP contribution in [0.2, 0.25) is 5.02 Å². The summed E-state index contributed by atoms with van der Waals surface area (Å²) in [4.78, 5) is 13.6. The lowest BCUT2D eigenvalue weighted by molar-refractivity contribution is -0.135. The molecule has 3 fully saturated rings. The quantitative estimate of drug-likeness (QED) is 0.692. The predicted octanol–water partition coefficient (Wildman–Crippen LogP) is 4.46. The van der Waals surface area contributed by atoms with Gasteiger partial charge in [0.2, 0.25) is 15.9 Å². The summed E-state index contributed by atoms with van der Waals surface area (Å²) in [6.07, 6.45) is 8.54. The number of nitrogens with one attached hydrogen (secondary N) is 1. The number of benzene rings is 1. The highest BCUT2D eigenvalue weighted by Gasteiger charge is 2.56. The van der Waals surface area contributed by atoms with Gasteiger partial charge in [-0.15, -0.1) is 0 Å². The van der Waals surface area contributed by atoms with Gasteiger partial charge in [-0.25, -0.2) is 8.42 Å². The number of fused-ring (bicyclic) bond motifs is 1. The minimum absolute atomic E-state index is 0.155.